The van der Waals surface area contributed by atoms with Crippen molar-refractivity contribution in [2.45, 2.75) is 33.1 Å². The monoisotopic (exact) mass is 230 g/mol. The van der Waals surface area contributed by atoms with Gasteiger partial charge in [0.2, 0.25) is 0 Å². The number of halogens is 1. The van der Waals surface area contributed by atoms with Crippen LogP contribution in [0.5, 0.6) is 0 Å². The van der Waals surface area contributed by atoms with Crippen molar-refractivity contribution in [1.29, 1.82) is 0 Å². The molecule has 0 aromatic carbocycles. The molecule has 0 aliphatic carbocycles. The first kappa shape index (κ1) is 11.7. The molecule has 0 aliphatic heterocycles. The standard InChI is InChI=1S/C10H15BrO/c1-9(2)10(12)7-5-3-4-6-8-11/h9H,3,5,7-8H2,1-2H3. The molecule has 0 saturated carbocycles. The molecular weight excluding hydrogens is 216 g/mol. The molecule has 0 fully saturated rings. The molecule has 1 nitrogen and oxygen atoms in total. The molecule has 68 valence electrons. The SMILES string of the molecule is CC(C)C(=O)CCCC#CCBr. The Morgan fingerprint density at radius 1 is 1.42 bits per heavy atom. The molecule has 0 rings (SSSR count). The normalized spacial score (nSPS) is 9.33. The van der Waals surface area contributed by atoms with E-state index in [2.05, 4.69) is 27.8 Å². The van der Waals surface area contributed by atoms with E-state index >= 15 is 0 Å². The first-order valence-corrected chi connectivity index (χ1v) is 5.35. The third kappa shape index (κ3) is 6.42. The molecule has 0 spiro atoms. The predicted octanol–water partition coefficient (Wildman–Crippen LogP) is 2.78. The second kappa shape index (κ2) is 7.36. The third-order valence-corrected chi connectivity index (χ3v) is 1.84. The second-order valence-corrected chi connectivity index (χ2v) is 3.52. The van der Waals surface area contributed by atoms with Crippen molar-refractivity contribution in [2.24, 2.45) is 5.92 Å². The van der Waals surface area contributed by atoms with Crippen LogP contribution in [0, 0.1) is 17.8 Å². The van der Waals surface area contributed by atoms with Crippen LogP contribution < -0.4 is 0 Å². The van der Waals surface area contributed by atoms with Gasteiger partial charge < -0.3 is 0 Å². The molecule has 0 heterocycles. The highest BCUT2D eigenvalue weighted by atomic mass is 79.9. The van der Waals surface area contributed by atoms with Gasteiger partial charge in [-0.25, -0.2) is 0 Å². The van der Waals surface area contributed by atoms with E-state index in [0.717, 1.165) is 18.2 Å². The van der Waals surface area contributed by atoms with Crippen molar-refractivity contribution < 1.29 is 4.79 Å². The summed E-state index contributed by atoms with van der Waals surface area (Å²) in [4.78, 5) is 11.1. The lowest BCUT2D eigenvalue weighted by molar-refractivity contribution is -0.121. The largest absolute Gasteiger partial charge is 0.299 e. The lowest BCUT2D eigenvalue weighted by atomic mass is 10.0. The Kier molecular flexibility index (Phi) is 7.19. The fourth-order valence-electron chi connectivity index (χ4n) is 0.775. The Morgan fingerprint density at radius 2 is 2.08 bits per heavy atom. The van der Waals surface area contributed by atoms with E-state index in [1.165, 1.54) is 0 Å². The molecule has 12 heavy (non-hydrogen) atoms. The van der Waals surface area contributed by atoms with E-state index in [9.17, 15) is 4.79 Å². The van der Waals surface area contributed by atoms with Crippen molar-refractivity contribution in [2.75, 3.05) is 5.33 Å². The molecule has 0 unspecified atom stereocenters. The third-order valence-electron chi connectivity index (χ3n) is 1.56. The first-order valence-electron chi connectivity index (χ1n) is 4.23. The summed E-state index contributed by atoms with van der Waals surface area (Å²) in [6, 6.07) is 0. The average molecular weight is 231 g/mol. The zero-order valence-corrected chi connectivity index (χ0v) is 9.28. The van der Waals surface area contributed by atoms with Gasteiger partial charge in [0.05, 0.1) is 5.33 Å². The van der Waals surface area contributed by atoms with Crippen molar-refractivity contribution in [1.82, 2.24) is 0 Å². The fourth-order valence-corrected chi connectivity index (χ4v) is 0.974. The first-order chi connectivity index (χ1) is 5.68. The fraction of sp³-hybridized carbons (Fsp3) is 0.700. The Labute approximate surface area is 83.1 Å². The Bertz CT molecular complexity index is 186. The smallest absolute Gasteiger partial charge is 0.135 e. The number of carbonyl (C=O) groups excluding carboxylic acids is 1. The van der Waals surface area contributed by atoms with Crippen molar-refractivity contribution in [3.05, 3.63) is 0 Å². The zero-order valence-electron chi connectivity index (χ0n) is 7.69. The van der Waals surface area contributed by atoms with E-state index in [1.807, 2.05) is 13.8 Å². The number of hydrogen-bond donors (Lipinski definition) is 0. The summed E-state index contributed by atoms with van der Waals surface area (Å²) >= 11 is 3.21. The van der Waals surface area contributed by atoms with E-state index in [-0.39, 0.29) is 5.92 Å². The summed E-state index contributed by atoms with van der Waals surface area (Å²) < 4.78 is 0. The molecule has 0 amide bonds. The van der Waals surface area contributed by atoms with Crippen LogP contribution in [-0.4, -0.2) is 11.1 Å². The summed E-state index contributed by atoms with van der Waals surface area (Å²) in [6.07, 6.45) is 2.41. The molecule has 0 aromatic heterocycles. The maximum Gasteiger partial charge on any atom is 0.135 e. The molecule has 0 saturated heterocycles. The van der Waals surface area contributed by atoms with Gasteiger partial charge in [0.25, 0.3) is 0 Å². The summed E-state index contributed by atoms with van der Waals surface area (Å²) in [5, 5.41) is 0.727. The summed E-state index contributed by atoms with van der Waals surface area (Å²) in [6.45, 7) is 3.87. The van der Waals surface area contributed by atoms with Crippen molar-refractivity contribution in [3.63, 3.8) is 0 Å². The highest BCUT2D eigenvalue weighted by Crippen LogP contribution is 2.03. The van der Waals surface area contributed by atoms with Gasteiger partial charge in [-0.05, 0) is 6.42 Å². The number of hydrogen-bond acceptors (Lipinski definition) is 1. The van der Waals surface area contributed by atoms with E-state index in [1.54, 1.807) is 0 Å². The van der Waals surface area contributed by atoms with Crippen LogP contribution >= 0.6 is 15.9 Å². The summed E-state index contributed by atoms with van der Waals surface area (Å²) in [5.41, 5.74) is 0. The molecule has 0 aliphatic rings. The van der Waals surface area contributed by atoms with Gasteiger partial charge in [-0.2, -0.15) is 0 Å². The van der Waals surface area contributed by atoms with E-state index in [4.69, 9.17) is 0 Å². The molecule has 0 atom stereocenters. The lowest BCUT2D eigenvalue weighted by Crippen LogP contribution is -2.05. The van der Waals surface area contributed by atoms with Gasteiger partial charge in [-0.3, -0.25) is 4.79 Å². The number of Topliss-reactive ketones (excluding diaryl/α,β-unsaturated/α-hetero) is 1. The Morgan fingerprint density at radius 3 is 2.58 bits per heavy atom. The highest BCUT2D eigenvalue weighted by molar-refractivity contribution is 9.09. The number of alkyl halides is 1. The van der Waals surface area contributed by atoms with Crippen molar-refractivity contribution >= 4 is 21.7 Å². The highest BCUT2D eigenvalue weighted by Gasteiger charge is 2.04. The van der Waals surface area contributed by atoms with E-state index in [0.29, 0.717) is 12.2 Å². The minimum absolute atomic E-state index is 0.175. The zero-order chi connectivity index (χ0) is 9.40. The van der Waals surface area contributed by atoms with Crippen molar-refractivity contribution in [3.8, 4) is 11.8 Å². The lowest BCUT2D eigenvalue weighted by Gasteiger charge is -2.00. The Balaban J connectivity index is 3.38. The molecular formula is C10H15BrO. The number of carbonyl (C=O) groups is 1. The van der Waals surface area contributed by atoms with Gasteiger partial charge in [0, 0.05) is 18.8 Å². The van der Waals surface area contributed by atoms with E-state index < -0.39 is 0 Å². The summed E-state index contributed by atoms with van der Waals surface area (Å²) in [5.74, 6) is 6.41. The predicted molar refractivity (Wildman–Crippen MR) is 55.3 cm³/mol. The minimum Gasteiger partial charge on any atom is -0.299 e. The van der Waals surface area contributed by atoms with Gasteiger partial charge in [0.15, 0.2) is 0 Å². The average Bonchev–Trinajstić information content (AvgIpc) is 2.03. The van der Waals surface area contributed by atoms with Crippen LogP contribution in [0.4, 0.5) is 0 Å². The molecule has 0 bridgehead atoms. The van der Waals surface area contributed by atoms with Crippen LogP contribution in [-0.2, 0) is 4.79 Å². The maximum absolute atomic E-state index is 11.1. The topological polar surface area (TPSA) is 17.1 Å². The number of ketones is 1. The molecule has 0 radical (unpaired) electrons. The van der Waals surface area contributed by atoms with Crippen LogP contribution in [0.15, 0.2) is 0 Å². The number of unbranched alkanes of at least 4 members (excludes halogenated alkanes) is 1. The van der Waals surface area contributed by atoms with Crippen LogP contribution in [0.3, 0.4) is 0 Å². The molecule has 2 heteroatoms. The summed E-state index contributed by atoms with van der Waals surface area (Å²) in [7, 11) is 0. The Hall–Kier alpha value is -0.290. The van der Waals surface area contributed by atoms with Gasteiger partial charge in [-0.15, -0.1) is 5.92 Å². The second-order valence-electron chi connectivity index (χ2n) is 2.96. The van der Waals surface area contributed by atoms with Crippen LogP contribution in [0.25, 0.3) is 0 Å². The molecule has 0 N–H and O–H groups in total. The van der Waals surface area contributed by atoms with Gasteiger partial charge >= 0.3 is 0 Å². The van der Waals surface area contributed by atoms with Crippen LogP contribution in [0.2, 0.25) is 0 Å². The quantitative estimate of drug-likeness (QED) is 0.413. The number of rotatable bonds is 4. The van der Waals surface area contributed by atoms with Crippen LogP contribution in [0.1, 0.15) is 33.1 Å². The van der Waals surface area contributed by atoms with Gasteiger partial charge in [-0.1, -0.05) is 35.7 Å². The molecule has 0 aromatic rings. The maximum atomic E-state index is 11.1. The minimum atomic E-state index is 0.175. The van der Waals surface area contributed by atoms with Gasteiger partial charge in [0.1, 0.15) is 5.78 Å².